The predicted octanol–water partition coefficient (Wildman–Crippen LogP) is 5.05. The Morgan fingerprint density at radius 3 is 2.68 bits per heavy atom. The van der Waals surface area contributed by atoms with E-state index >= 15 is 0 Å². The zero-order valence-electron chi connectivity index (χ0n) is 26.1. The number of carbonyl (C=O) groups is 1. The first-order valence-corrected chi connectivity index (χ1v) is 15.9. The number of carbonyl (C=O) groups excluding carboxylic acids is 1. The van der Waals surface area contributed by atoms with Crippen molar-refractivity contribution < 1.29 is 19.0 Å². The minimum Gasteiger partial charge on any atom is -0.487 e. The molecule has 5 aromatic rings. The van der Waals surface area contributed by atoms with Crippen molar-refractivity contribution in [1.29, 1.82) is 0 Å². The van der Waals surface area contributed by atoms with Crippen molar-refractivity contribution in [2.75, 3.05) is 58.2 Å². The molecule has 47 heavy (non-hydrogen) atoms. The molecule has 6 rings (SSSR count). The number of fused-ring (bicyclic) bond motifs is 1. The SMILES string of the molecule is CN1CCN(CCNC(=O)c2cn(-c3ccc4ncnc(Nc5ccc(OCc6cccc(F)c6)c(Cl)c5)c4c3)cc2CCO)CC1. The van der Waals surface area contributed by atoms with E-state index in [4.69, 9.17) is 16.3 Å². The zero-order valence-corrected chi connectivity index (χ0v) is 26.9. The molecule has 2 aromatic heterocycles. The fraction of sp³-hybridized carbons (Fsp3) is 0.286. The third-order valence-electron chi connectivity index (χ3n) is 8.24. The molecule has 1 amide bonds. The van der Waals surface area contributed by atoms with Gasteiger partial charge < -0.3 is 29.9 Å². The number of aliphatic hydroxyl groups is 1. The molecule has 244 valence electrons. The third kappa shape index (κ3) is 8.06. The Morgan fingerprint density at radius 2 is 1.89 bits per heavy atom. The number of hydrogen-bond acceptors (Lipinski definition) is 8. The average molecular weight is 658 g/mol. The number of aromatic nitrogens is 3. The molecular weight excluding hydrogens is 621 g/mol. The van der Waals surface area contributed by atoms with Gasteiger partial charge in [0.25, 0.3) is 5.91 Å². The Bertz CT molecular complexity index is 1860. The first-order valence-electron chi connectivity index (χ1n) is 15.6. The van der Waals surface area contributed by atoms with Crippen molar-refractivity contribution in [3.63, 3.8) is 0 Å². The summed E-state index contributed by atoms with van der Waals surface area (Å²) in [5, 5.41) is 17.3. The summed E-state index contributed by atoms with van der Waals surface area (Å²) in [4.78, 5) is 26.8. The first kappa shape index (κ1) is 32.4. The summed E-state index contributed by atoms with van der Waals surface area (Å²) < 4.78 is 21.2. The standard InChI is InChI=1S/C35H37ClFN7O3/c1-42-12-14-43(15-13-42)11-10-38-35(46)30-21-44(20-25(30)9-16-45)28-6-7-32-29(19-28)34(40-23-39-32)41-27-5-8-33(31(36)18-27)47-22-24-3-2-4-26(37)17-24/h2-8,17-21,23,45H,9-16,22H2,1H3,(H,38,46)(H,39,40,41). The van der Waals surface area contributed by atoms with Gasteiger partial charge in [0.05, 0.1) is 16.1 Å². The average Bonchev–Trinajstić information content (AvgIpc) is 3.49. The fourth-order valence-electron chi connectivity index (χ4n) is 5.59. The highest BCUT2D eigenvalue weighted by Gasteiger charge is 2.18. The van der Waals surface area contributed by atoms with Gasteiger partial charge in [0, 0.05) is 75.0 Å². The maximum atomic E-state index is 13.5. The van der Waals surface area contributed by atoms with Gasteiger partial charge in [-0.2, -0.15) is 0 Å². The van der Waals surface area contributed by atoms with E-state index < -0.39 is 0 Å². The van der Waals surface area contributed by atoms with Crippen LogP contribution in [0.3, 0.4) is 0 Å². The Labute approximate surface area is 277 Å². The van der Waals surface area contributed by atoms with Crippen LogP contribution in [0.25, 0.3) is 16.6 Å². The van der Waals surface area contributed by atoms with Gasteiger partial charge in [-0.15, -0.1) is 0 Å². The molecule has 0 atom stereocenters. The van der Waals surface area contributed by atoms with Crippen LogP contribution in [0.5, 0.6) is 5.75 Å². The largest absolute Gasteiger partial charge is 0.487 e. The monoisotopic (exact) mass is 657 g/mol. The van der Waals surface area contributed by atoms with Gasteiger partial charge in [-0.05, 0) is 73.1 Å². The Kier molecular flexibility index (Phi) is 10.3. The van der Waals surface area contributed by atoms with Crippen LogP contribution in [-0.4, -0.2) is 88.3 Å². The number of amides is 1. The second-order valence-electron chi connectivity index (χ2n) is 11.6. The van der Waals surface area contributed by atoms with E-state index in [0.717, 1.165) is 54.9 Å². The van der Waals surface area contributed by atoms with Crippen LogP contribution in [0.4, 0.5) is 15.9 Å². The molecule has 0 radical (unpaired) electrons. The highest BCUT2D eigenvalue weighted by molar-refractivity contribution is 6.32. The van der Waals surface area contributed by atoms with Crippen LogP contribution in [-0.2, 0) is 13.0 Å². The summed E-state index contributed by atoms with van der Waals surface area (Å²) >= 11 is 6.53. The Balaban J connectivity index is 1.17. The summed E-state index contributed by atoms with van der Waals surface area (Å²) in [7, 11) is 2.12. The molecule has 0 spiro atoms. The molecule has 0 aliphatic carbocycles. The van der Waals surface area contributed by atoms with Gasteiger partial charge in [-0.25, -0.2) is 14.4 Å². The number of aliphatic hydroxyl groups excluding tert-OH is 1. The molecule has 0 unspecified atom stereocenters. The Hall–Kier alpha value is -4.55. The topological polar surface area (TPSA) is 108 Å². The molecule has 0 bridgehead atoms. The van der Waals surface area contributed by atoms with Gasteiger partial charge in [-0.1, -0.05) is 23.7 Å². The number of piperazine rings is 1. The van der Waals surface area contributed by atoms with E-state index in [1.165, 1.54) is 18.5 Å². The lowest BCUT2D eigenvalue weighted by Gasteiger charge is -2.32. The second kappa shape index (κ2) is 14.9. The van der Waals surface area contributed by atoms with Crippen molar-refractivity contribution in [3.8, 4) is 11.4 Å². The molecule has 1 aliphatic rings. The molecule has 3 aromatic carbocycles. The predicted molar refractivity (Wildman–Crippen MR) is 181 cm³/mol. The number of rotatable bonds is 12. The second-order valence-corrected chi connectivity index (χ2v) is 12.0. The zero-order chi connectivity index (χ0) is 32.8. The van der Waals surface area contributed by atoms with Crippen LogP contribution in [0, 0.1) is 5.82 Å². The maximum absolute atomic E-state index is 13.5. The summed E-state index contributed by atoms with van der Waals surface area (Å²) in [6.45, 7) is 5.51. The number of benzene rings is 3. The molecule has 10 nitrogen and oxygen atoms in total. The maximum Gasteiger partial charge on any atom is 0.253 e. The molecule has 3 N–H and O–H groups in total. The number of anilines is 2. The van der Waals surface area contributed by atoms with E-state index in [2.05, 4.69) is 37.4 Å². The van der Waals surface area contributed by atoms with E-state index in [1.807, 2.05) is 35.0 Å². The lowest BCUT2D eigenvalue weighted by atomic mass is 10.1. The highest BCUT2D eigenvalue weighted by Crippen LogP contribution is 2.32. The molecular formula is C35H37ClFN7O3. The van der Waals surface area contributed by atoms with E-state index in [-0.39, 0.29) is 24.9 Å². The minimum absolute atomic E-state index is 0.0671. The van der Waals surface area contributed by atoms with Gasteiger partial charge in [-0.3, -0.25) is 9.69 Å². The number of ether oxygens (including phenoxy) is 1. The van der Waals surface area contributed by atoms with Crippen molar-refractivity contribution in [2.24, 2.45) is 0 Å². The summed E-state index contributed by atoms with van der Waals surface area (Å²) in [6, 6.07) is 17.3. The summed E-state index contributed by atoms with van der Waals surface area (Å²) in [5.41, 5.74) is 4.24. The van der Waals surface area contributed by atoms with Gasteiger partial charge in [0.2, 0.25) is 0 Å². The molecule has 3 heterocycles. The molecule has 1 fully saturated rings. The van der Waals surface area contributed by atoms with Crippen LogP contribution in [0.2, 0.25) is 5.02 Å². The first-order chi connectivity index (χ1) is 22.9. The third-order valence-corrected chi connectivity index (χ3v) is 8.53. The van der Waals surface area contributed by atoms with Crippen molar-refractivity contribution in [2.45, 2.75) is 13.0 Å². The smallest absolute Gasteiger partial charge is 0.253 e. The number of hydrogen-bond donors (Lipinski definition) is 3. The number of halogens is 2. The van der Waals surface area contributed by atoms with Crippen LogP contribution < -0.4 is 15.4 Å². The fourth-order valence-corrected chi connectivity index (χ4v) is 5.82. The van der Waals surface area contributed by atoms with E-state index in [1.54, 1.807) is 30.5 Å². The lowest BCUT2D eigenvalue weighted by molar-refractivity contribution is 0.0940. The van der Waals surface area contributed by atoms with Crippen molar-refractivity contribution >= 4 is 39.9 Å². The normalized spacial score (nSPS) is 14.0. The van der Waals surface area contributed by atoms with Crippen molar-refractivity contribution in [1.82, 2.24) is 29.7 Å². The van der Waals surface area contributed by atoms with Crippen molar-refractivity contribution in [3.05, 3.63) is 107 Å². The summed E-state index contributed by atoms with van der Waals surface area (Å²) in [5.74, 6) is 0.568. The Morgan fingerprint density at radius 1 is 1.04 bits per heavy atom. The molecule has 12 heteroatoms. The van der Waals surface area contributed by atoms with Gasteiger partial charge in [0.15, 0.2) is 0 Å². The quantitative estimate of drug-likeness (QED) is 0.171. The molecule has 1 saturated heterocycles. The van der Waals surface area contributed by atoms with Crippen LogP contribution >= 0.6 is 11.6 Å². The van der Waals surface area contributed by atoms with E-state index in [9.17, 15) is 14.3 Å². The van der Waals surface area contributed by atoms with Gasteiger partial charge >= 0.3 is 0 Å². The van der Waals surface area contributed by atoms with Crippen LogP contribution in [0.1, 0.15) is 21.5 Å². The molecule has 0 saturated carbocycles. The van der Waals surface area contributed by atoms with Gasteiger partial charge in [0.1, 0.15) is 30.3 Å². The summed E-state index contributed by atoms with van der Waals surface area (Å²) in [6.07, 6.45) is 5.53. The highest BCUT2D eigenvalue weighted by atomic mass is 35.5. The number of nitrogens with zero attached hydrogens (tertiary/aromatic N) is 5. The lowest BCUT2D eigenvalue weighted by Crippen LogP contribution is -2.46. The van der Waals surface area contributed by atoms with E-state index in [0.29, 0.717) is 46.4 Å². The number of likely N-dealkylation sites (N-methyl/N-ethyl adjacent to an activating group) is 1. The molecule has 1 aliphatic heterocycles. The number of nitrogens with one attached hydrogen (secondary N) is 2. The minimum atomic E-state index is -0.322. The van der Waals surface area contributed by atoms with Crippen LogP contribution in [0.15, 0.2) is 79.4 Å².